The summed E-state index contributed by atoms with van der Waals surface area (Å²) in [5, 5.41) is 1.07. The first-order chi connectivity index (χ1) is 17.4. The van der Waals surface area contributed by atoms with Crippen LogP contribution in [-0.4, -0.2) is 35.7 Å². The Kier molecular flexibility index (Phi) is 5.99. The molecule has 2 aromatic heterocycles. The molecule has 1 aliphatic heterocycles. The fourth-order valence-electron chi connectivity index (χ4n) is 5.87. The van der Waals surface area contributed by atoms with Crippen molar-refractivity contribution < 1.29 is 14.3 Å². The van der Waals surface area contributed by atoms with Crippen molar-refractivity contribution in [2.45, 2.75) is 46.8 Å². The lowest BCUT2D eigenvalue weighted by atomic mass is 9.77. The van der Waals surface area contributed by atoms with Crippen LogP contribution in [0.4, 0.5) is 5.69 Å². The van der Waals surface area contributed by atoms with Crippen LogP contribution in [0.2, 0.25) is 0 Å². The van der Waals surface area contributed by atoms with Crippen molar-refractivity contribution >= 4 is 22.6 Å². The van der Waals surface area contributed by atoms with Gasteiger partial charge in [-0.05, 0) is 64.4 Å². The van der Waals surface area contributed by atoms with Crippen LogP contribution in [0.1, 0.15) is 59.2 Å². The highest BCUT2D eigenvalue weighted by molar-refractivity contribution is 5.97. The predicted octanol–water partition coefficient (Wildman–Crippen LogP) is 5.99. The fraction of sp³-hybridized carbons (Fsp3) is 0.333. The number of carbonyl (C=O) groups excluding carboxylic acids is 1. The Balaban J connectivity index is 1.88. The molecule has 0 fully saturated rings. The number of para-hydroxylation sites is 1. The number of carbonyl (C=O) groups is 1. The van der Waals surface area contributed by atoms with E-state index in [0.717, 1.165) is 64.2 Å². The van der Waals surface area contributed by atoms with Crippen LogP contribution < -0.4 is 9.64 Å². The molecule has 0 bridgehead atoms. The Morgan fingerprint density at radius 1 is 1.00 bits per heavy atom. The van der Waals surface area contributed by atoms with Gasteiger partial charge in [-0.3, -0.25) is 0 Å². The molecule has 0 radical (unpaired) electrons. The smallest absolute Gasteiger partial charge is 0.359 e. The van der Waals surface area contributed by atoms with Crippen LogP contribution in [0, 0.1) is 13.8 Å². The van der Waals surface area contributed by atoms with Crippen molar-refractivity contribution in [1.29, 1.82) is 0 Å². The highest BCUT2D eigenvalue weighted by Gasteiger charge is 2.52. The van der Waals surface area contributed by atoms with Gasteiger partial charge in [0.15, 0.2) is 11.3 Å². The van der Waals surface area contributed by atoms with Gasteiger partial charge in [-0.25, -0.2) is 9.78 Å². The van der Waals surface area contributed by atoms with E-state index in [4.69, 9.17) is 9.47 Å². The van der Waals surface area contributed by atoms with E-state index in [0.29, 0.717) is 11.6 Å². The van der Waals surface area contributed by atoms with E-state index < -0.39 is 11.6 Å². The first kappa shape index (κ1) is 23.9. The quantitative estimate of drug-likeness (QED) is 0.302. The molecular weight excluding hydrogens is 450 g/mol. The third kappa shape index (κ3) is 3.31. The molecule has 0 amide bonds. The molecule has 1 aliphatic rings. The minimum Gasteiger partial charge on any atom is -0.481 e. The third-order valence-electron chi connectivity index (χ3n) is 7.51. The fourth-order valence-corrected chi connectivity index (χ4v) is 5.87. The molecule has 1 atom stereocenters. The Bertz CT molecular complexity index is 1470. The first-order valence-electron chi connectivity index (χ1n) is 12.6. The van der Waals surface area contributed by atoms with Gasteiger partial charge in [-0.2, -0.15) is 0 Å². The highest BCUT2D eigenvalue weighted by Crippen LogP contribution is 2.51. The number of anilines is 1. The number of aromatic nitrogens is 2. The maximum absolute atomic E-state index is 13.4. The van der Waals surface area contributed by atoms with Gasteiger partial charge in [0.05, 0.1) is 7.11 Å². The number of benzene rings is 2. The molecule has 5 rings (SSSR count). The number of methoxy groups -OCH3 is 1. The van der Waals surface area contributed by atoms with Crippen molar-refractivity contribution in [2.24, 2.45) is 0 Å². The largest absolute Gasteiger partial charge is 0.481 e. The van der Waals surface area contributed by atoms with E-state index in [1.54, 1.807) is 7.11 Å². The topological polar surface area (TPSA) is 56.6 Å². The number of rotatable bonds is 7. The average molecular weight is 484 g/mol. The zero-order valence-electron chi connectivity index (χ0n) is 21.9. The van der Waals surface area contributed by atoms with Crippen molar-refractivity contribution in [3.63, 3.8) is 0 Å². The summed E-state index contributed by atoms with van der Waals surface area (Å²) in [6.45, 7) is 13.3. The Hall–Kier alpha value is -3.80. The molecule has 36 heavy (non-hydrogen) atoms. The molecule has 1 unspecified atom stereocenters. The minimum atomic E-state index is -1.12. The molecule has 186 valence electrons. The molecule has 0 saturated carbocycles. The van der Waals surface area contributed by atoms with Crippen molar-refractivity contribution in [3.8, 4) is 5.88 Å². The Morgan fingerprint density at radius 3 is 2.39 bits per heavy atom. The van der Waals surface area contributed by atoms with Gasteiger partial charge in [0.2, 0.25) is 5.88 Å². The lowest BCUT2D eigenvalue weighted by Gasteiger charge is -2.33. The maximum atomic E-state index is 13.4. The lowest BCUT2D eigenvalue weighted by molar-refractivity contribution is 0.0249. The number of hydrogen-bond acceptors (Lipinski definition) is 5. The summed E-state index contributed by atoms with van der Waals surface area (Å²) < 4.78 is 14.1. The maximum Gasteiger partial charge on any atom is 0.359 e. The molecule has 4 aromatic rings. The summed E-state index contributed by atoms with van der Waals surface area (Å²) in [4.78, 5) is 20.3. The Morgan fingerprint density at radius 2 is 1.72 bits per heavy atom. The second-order valence-electron chi connectivity index (χ2n) is 9.21. The van der Waals surface area contributed by atoms with Gasteiger partial charge >= 0.3 is 5.97 Å². The lowest BCUT2D eigenvalue weighted by Crippen LogP contribution is -2.32. The summed E-state index contributed by atoms with van der Waals surface area (Å²) in [6, 6.07) is 18.5. The molecule has 2 aromatic carbocycles. The van der Waals surface area contributed by atoms with E-state index in [1.807, 2.05) is 18.2 Å². The van der Waals surface area contributed by atoms with Crippen LogP contribution in [0.15, 0.2) is 54.6 Å². The van der Waals surface area contributed by atoms with Gasteiger partial charge in [0, 0.05) is 64.7 Å². The first-order valence-corrected chi connectivity index (χ1v) is 12.6. The monoisotopic (exact) mass is 483 g/mol. The second-order valence-corrected chi connectivity index (χ2v) is 9.21. The molecule has 0 saturated heterocycles. The van der Waals surface area contributed by atoms with Crippen LogP contribution in [0.25, 0.3) is 10.9 Å². The van der Waals surface area contributed by atoms with E-state index in [9.17, 15) is 4.79 Å². The van der Waals surface area contributed by atoms with E-state index in [1.165, 1.54) is 0 Å². The SMILES string of the molecule is CCN(CC)c1ccc(C2(c3c(C)n(CC)c4ccccc34)OC(=O)c3nc(OC)ccc32)c(C)c1. The van der Waals surface area contributed by atoms with Crippen LogP contribution in [0.5, 0.6) is 5.88 Å². The number of esters is 1. The van der Waals surface area contributed by atoms with Crippen molar-refractivity contribution in [3.05, 3.63) is 88.2 Å². The van der Waals surface area contributed by atoms with Crippen molar-refractivity contribution in [1.82, 2.24) is 9.55 Å². The number of pyridine rings is 1. The van der Waals surface area contributed by atoms with E-state index in [-0.39, 0.29) is 0 Å². The summed E-state index contributed by atoms with van der Waals surface area (Å²) >= 11 is 0. The minimum absolute atomic E-state index is 0.300. The van der Waals surface area contributed by atoms with Gasteiger partial charge in [-0.1, -0.05) is 24.3 Å². The van der Waals surface area contributed by atoms with E-state index in [2.05, 4.69) is 85.5 Å². The number of aryl methyl sites for hydroxylation is 2. The van der Waals surface area contributed by atoms with Gasteiger partial charge in [0.1, 0.15) is 0 Å². The number of hydrogen-bond donors (Lipinski definition) is 0. The van der Waals surface area contributed by atoms with Gasteiger partial charge in [0.25, 0.3) is 0 Å². The normalized spacial score (nSPS) is 16.8. The number of fused-ring (bicyclic) bond motifs is 2. The molecule has 6 nitrogen and oxygen atoms in total. The standard InChI is InChI=1S/C30H33N3O3/c1-7-32(8-2)21-14-15-23(19(4)18-21)30(24-16-17-26(35-6)31-28(24)29(34)36-30)27-20(5)33(9-3)25-13-11-10-12-22(25)27/h10-18H,7-9H2,1-6H3. The van der Waals surface area contributed by atoms with Crippen LogP contribution >= 0.6 is 0 Å². The molecular formula is C30H33N3O3. The summed E-state index contributed by atoms with van der Waals surface area (Å²) in [6.07, 6.45) is 0. The summed E-state index contributed by atoms with van der Waals surface area (Å²) in [5.74, 6) is -0.0494. The highest BCUT2D eigenvalue weighted by atomic mass is 16.6. The van der Waals surface area contributed by atoms with E-state index >= 15 is 0 Å². The zero-order chi connectivity index (χ0) is 25.6. The molecule has 3 heterocycles. The molecule has 6 heteroatoms. The molecule has 0 aliphatic carbocycles. The van der Waals surface area contributed by atoms with Gasteiger partial charge in [-0.15, -0.1) is 0 Å². The summed E-state index contributed by atoms with van der Waals surface area (Å²) in [5.41, 5.74) is 6.25. The van der Waals surface area contributed by atoms with Gasteiger partial charge < -0.3 is 18.9 Å². The number of ether oxygens (including phenoxy) is 2. The molecule has 0 N–H and O–H groups in total. The zero-order valence-corrected chi connectivity index (χ0v) is 21.9. The summed E-state index contributed by atoms with van der Waals surface area (Å²) in [7, 11) is 1.55. The number of nitrogens with zero attached hydrogens (tertiary/aromatic N) is 3. The predicted molar refractivity (Wildman–Crippen MR) is 143 cm³/mol. The molecule has 0 spiro atoms. The number of cyclic esters (lactones) is 1. The van der Waals surface area contributed by atoms with Crippen LogP contribution in [-0.2, 0) is 16.9 Å². The van der Waals surface area contributed by atoms with Crippen LogP contribution in [0.3, 0.4) is 0 Å². The average Bonchev–Trinajstić information content (AvgIpc) is 3.34. The second kappa shape index (κ2) is 9.01. The Labute approximate surface area is 212 Å². The third-order valence-corrected chi connectivity index (χ3v) is 7.51. The van der Waals surface area contributed by atoms with Crippen molar-refractivity contribution in [2.75, 3.05) is 25.1 Å².